The number of hydrogen-bond acceptors (Lipinski definition) is 6. The lowest BCUT2D eigenvalue weighted by Gasteiger charge is -2.34. The molecular formula is C29H33N3O5. The minimum atomic E-state index is -0.280. The van der Waals surface area contributed by atoms with Crippen molar-refractivity contribution in [3.05, 3.63) is 53.1 Å². The van der Waals surface area contributed by atoms with Gasteiger partial charge in [-0.3, -0.25) is 19.3 Å². The minimum Gasteiger partial charge on any atom is -0.454 e. The Morgan fingerprint density at radius 3 is 2.43 bits per heavy atom. The monoisotopic (exact) mass is 503 g/mol. The molecule has 194 valence electrons. The van der Waals surface area contributed by atoms with Crippen molar-refractivity contribution < 1.29 is 23.9 Å². The number of fused-ring (bicyclic) bond motifs is 2. The molecule has 3 heterocycles. The number of nitrogens with zero attached hydrogens (tertiary/aromatic N) is 2. The van der Waals surface area contributed by atoms with Crippen LogP contribution in [0.2, 0.25) is 0 Å². The zero-order chi connectivity index (χ0) is 25.4. The molecule has 8 nitrogen and oxygen atoms in total. The molecule has 1 saturated carbocycles. The summed E-state index contributed by atoms with van der Waals surface area (Å²) in [7, 11) is 0. The molecule has 0 spiro atoms. The molecule has 2 fully saturated rings. The summed E-state index contributed by atoms with van der Waals surface area (Å²) in [5, 5.41) is 3.30. The quantitative estimate of drug-likeness (QED) is 0.484. The van der Waals surface area contributed by atoms with E-state index in [9.17, 15) is 14.4 Å². The Bertz CT molecular complexity index is 1210. The number of imide groups is 1. The maximum absolute atomic E-state index is 13.5. The third-order valence-corrected chi connectivity index (χ3v) is 8.16. The van der Waals surface area contributed by atoms with Crippen LogP contribution in [0.3, 0.4) is 0 Å². The molecule has 1 aliphatic carbocycles. The molecule has 2 aromatic carbocycles. The third kappa shape index (κ3) is 4.65. The average molecular weight is 504 g/mol. The number of amides is 3. The summed E-state index contributed by atoms with van der Waals surface area (Å²) in [6, 6.07) is 11.3. The van der Waals surface area contributed by atoms with Gasteiger partial charge < -0.3 is 19.7 Å². The summed E-state index contributed by atoms with van der Waals surface area (Å²) in [5.74, 6) is 0.904. The summed E-state index contributed by atoms with van der Waals surface area (Å²) in [5.41, 5.74) is 2.50. The van der Waals surface area contributed by atoms with Crippen LogP contribution >= 0.6 is 0 Å². The van der Waals surface area contributed by atoms with Crippen LogP contribution in [0.25, 0.3) is 0 Å². The lowest BCUT2D eigenvalue weighted by Crippen LogP contribution is -2.44. The zero-order valence-corrected chi connectivity index (χ0v) is 21.0. The molecule has 3 aliphatic heterocycles. The van der Waals surface area contributed by atoms with Gasteiger partial charge in [-0.2, -0.15) is 0 Å². The highest BCUT2D eigenvalue weighted by Gasteiger charge is 2.39. The highest BCUT2D eigenvalue weighted by Crippen LogP contribution is 2.36. The number of carbonyl (C=O) groups excluding carboxylic acids is 3. The van der Waals surface area contributed by atoms with Gasteiger partial charge in [-0.1, -0.05) is 37.8 Å². The number of benzene rings is 2. The first-order valence-electron chi connectivity index (χ1n) is 13.5. The van der Waals surface area contributed by atoms with E-state index in [0.29, 0.717) is 41.8 Å². The number of hydrogen-bond donors (Lipinski definition) is 1. The zero-order valence-electron chi connectivity index (χ0n) is 21.0. The molecule has 3 amide bonds. The number of ether oxygens (including phenoxy) is 2. The lowest BCUT2D eigenvalue weighted by atomic mass is 9.94. The standard InChI is InChI=1S/C29H33N3O5/c33-27(30-21-6-3-1-2-4-7-21)20-12-14-31(15-13-20)23-9-5-8-22-26(23)29(35)32(28(22)34)17-19-10-11-24-25(16-19)37-18-36-24/h5,8-11,16,20-21H,1-4,6-7,12-15,17-18H2,(H,30,33). The molecule has 1 N–H and O–H groups in total. The molecule has 2 aromatic rings. The third-order valence-electron chi connectivity index (χ3n) is 8.16. The van der Waals surface area contributed by atoms with Gasteiger partial charge in [0.25, 0.3) is 11.8 Å². The number of carbonyl (C=O) groups is 3. The first-order chi connectivity index (χ1) is 18.1. The van der Waals surface area contributed by atoms with E-state index in [1.54, 1.807) is 12.1 Å². The van der Waals surface area contributed by atoms with Crippen LogP contribution in [0.4, 0.5) is 5.69 Å². The van der Waals surface area contributed by atoms with Gasteiger partial charge in [0.15, 0.2) is 11.5 Å². The van der Waals surface area contributed by atoms with Crippen LogP contribution in [0.1, 0.15) is 77.6 Å². The van der Waals surface area contributed by atoms with Crippen molar-refractivity contribution in [3.8, 4) is 11.5 Å². The van der Waals surface area contributed by atoms with Crippen LogP contribution in [0, 0.1) is 5.92 Å². The predicted octanol–water partition coefficient (Wildman–Crippen LogP) is 4.27. The molecule has 8 heteroatoms. The van der Waals surface area contributed by atoms with Crippen LogP contribution in [0.5, 0.6) is 11.5 Å². The minimum absolute atomic E-state index is 0.00361. The van der Waals surface area contributed by atoms with Gasteiger partial charge >= 0.3 is 0 Å². The number of anilines is 1. The van der Waals surface area contributed by atoms with E-state index >= 15 is 0 Å². The van der Waals surface area contributed by atoms with E-state index in [4.69, 9.17) is 9.47 Å². The summed E-state index contributed by atoms with van der Waals surface area (Å²) >= 11 is 0. The summed E-state index contributed by atoms with van der Waals surface area (Å²) in [6.07, 6.45) is 8.57. The fraction of sp³-hybridized carbons (Fsp3) is 0.483. The normalized spacial score (nSPS) is 20.2. The molecule has 0 atom stereocenters. The summed E-state index contributed by atoms with van der Waals surface area (Å²) < 4.78 is 10.8. The Kier molecular flexibility index (Phi) is 6.49. The molecule has 4 aliphatic rings. The Hall–Kier alpha value is -3.55. The number of nitrogens with one attached hydrogen (secondary N) is 1. The maximum atomic E-state index is 13.5. The second-order valence-corrected chi connectivity index (χ2v) is 10.5. The van der Waals surface area contributed by atoms with Crippen LogP contribution in [-0.4, -0.2) is 48.5 Å². The Morgan fingerprint density at radius 2 is 1.65 bits per heavy atom. The van der Waals surface area contributed by atoms with Gasteiger partial charge in [0.1, 0.15) is 0 Å². The number of piperidine rings is 1. The molecule has 0 radical (unpaired) electrons. The second kappa shape index (κ2) is 10.1. The van der Waals surface area contributed by atoms with Gasteiger partial charge in [0.05, 0.1) is 23.4 Å². The maximum Gasteiger partial charge on any atom is 0.263 e. The van der Waals surface area contributed by atoms with Crippen LogP contribution < -0.4 is 19.7 Å². The fourth-order valence-corrected chi connectivity index (χ4v) is 6.07. The van der Waals surface area contributed by atoms with E-state index in [1.807, 2.05) is 24.3 Å². The van der Waals surface area contributed by atoms with Gasteiger partial charge in [0.2, 0.25) is 12.7 Å². The average Bonchev–Trinajstić information content (AvgIpc) is 3.37. The van der Waals surface area contributed by atoms with Crippen molar-refractivity contribution in [1.29, 1.82) is 0 Å². The van der Waals surface area contributed by atoms with E-state index in [0.717, 1.165) is 36.9 Å². The van der Waals surface area contributed by atoms with E-state index < -0.39 is 0 Å². The highest BCUT2D eigenvalue weighted by molar-refractivity contribution is 6.23. The van der Waals surface area contributed by atoms with E-state index in [2.05, 4.69) is 10.2 Å². The van der Waals surface area contributed by atoms with Crippen molar-refractivity contribution in [2.24, 2.45) is 5.92 Å². The van der Waals surface area contributed by atoms with Crippen molar-refractivity contribution in [1.82, 2.24) is 10.2 Å². The summed E-state index contributed by atoms with van der Waals surface area (Å²) in [6.45, 7) is 1.71. The first-order valence-corrected chi connectivity index (χ1v) is 13.5. The van der Waals surface area contributed by atoms with Gasteiger partial charge in [-0.05, 0) is 55.5 Å². The molecule has 6 rings (SSSR count). The Labute approximate surface area is 216 Å². The molecule has 37 heavy (non-hydrogen) atoms. The summed E-state index contributed by atoms with van der Waals surface area (Å²) in [4.78, 5) is 43.1. The molecule has 0 bridgehead atoms. The molecule has 0 aromatic heterocycles. The van der Waals surface area contributed by atoms with Crippen LogP contribution in [0.15, 0.2) is 36.4 Å². The lowest BCUT2D eigenvalue weighted by molar-refractivity contribution is -0.126. The predicted molar refractivity (Wildman–Crippen MR) is 138 cm³/mol. The van der Waals surface area contributed by atoms with Gasteiger partial charge in [0, 0.05) is 25.0 Å². The van der Waals surface area contributed by atoms with E-state index in [1.165, 1.54) is 30.6 Å². The van der Waals surface area contributed by atoms with Crippen molar-refractivity contribution in [2.75, 3.05) is 24.8 Å². The highest BCUT2D eigenvalue weighted by atomic mass is 16.7. The first kappa shape index (κ1) is 23.8. The van der Waals surface area contributed by atoms with Gasteiger partial charge in [-0.15, -0.1) is 0 Å². The van der Waals surface area contributed by atoms with Crippen molar-refractivity contribution in [2.45, 2.75) is 64.0 Å². The Balaban J connectivity index is 1.12. The number of rotatable bonds is 5. The molecular weight excluding hydrogens is 470 g/mol. The smallest absolute Gasteiger partial charge is 0.263 e. The fourth-order valence-electron chi connectivity index (χ4n) is 6.07. The van der Waals surface area contributed by atoms with Gasteiger partial charge in [-0.25, -0.2) is 0 Å². The van der Waals surface area contributed by atoms with E-state index in [-0.39, 0.29) is 37.0 Å². The largest absolute Gasteiger partial charge is 0.454 e. The molecule has 0 unspecified atom stereocenters. The van der Waals surface area contributed by atoms with Crippen molar-refractivity contribution in [3.63, 3.8) is 0 Å². The topological polar surface area (TPSA) is 88.2 Å². The SMILES string of the molecule is O=C(NC1CCCCCC1)C1CCN(c2cccc3c2C(=O)N(Cc2ccc4c(c2)OCO4)C3=O)CC1. The Morgan fingerprint density at radius 1 is 0.892 bits per heavy atom. The molecule has 1 saturated heterocycles. The second-order valence-electron chi connectivity index (χ2n) is 10.5. The van der Waals surface area contributed by atoms with Crippen molar-refractivity contribution >= 4 is 23.4 Å². The van der Waals surface area contributed by atoms with Crippen LogP contribution in [-0.2, 0) is 11.3 Å².